The quantitative estimate of drug-likeness (QED) is 0.726. The van der Waals surface area contributed by atoms with Crippen molar-refractivity contribution >= 4 is 44.0 Å². The van der Waals surface area contributed by atoms with Crippen molar-refractivity contribution in [3.63, 3.8) is 0 Å². The maximum Gasteiger partial charge on any atom is 0.261 e. The molecule has 2 N–H and O–H groups in total. The number of benzene rings is 2. The van der Waals surface area contributed by atoms with Crippen molar-refractivity contribution in [2.45, 2.75) is 11.8 Å². The molecule has 0 heterocycles. The molecule has 21 heavy (non-hydrogen) atoms. The fourth-order valence-electron chi connectivity index (χ4n) is 1.73. The Bertz CT molecular complexity index is 733. The lowest BCUT2D eigenvalue weighted by atomic mass is 10.3. The van der Waals surface area contributed by atoms with E-state index in [1.54, 1.807) is 12.1 Å². The van der Waals surface area contributed by atoms with Gasteiger partial charge in [-0.05, 0) is 72.0 Å². The maximum atomic E-state index is 13.0. The van der Waals surface area contributed by atoms with Crippen LogP contribution in [0.25, 0.3) is 0 Å². The van der Waals surface area contributed by atoms with Gasteiger partial charge in [0.2, 0.25) is 0 Å². The Kier molecular flexibility index (Phi) is 5.04. The molecule has 2 rings (SSSR count). The largest absolute Gasteiger partial charge is 0.385 e. The minimum Gasteiger partial charge on any atom is -0.385 e. The third-order valence-corrected chi connectivity index (χ3v) is 4.99. The zero-order valence-corrected chi connectivity index (χ0v) is 14.2. The van der Waals surface area contributed by atoms with Gasteiger partial charge < -0.3 is 5.32 Å². The summed E-state index contributed by atoms with van der Waals surface area (Å²) in [7, 11) is -3.69. The van der Waals surface area contributed by atoms with E-state index in [0.717, 1.165) is 12.2 Å². The smallest absolute Gasteiger partial charge is 0.261 e. The summed E-state index contributed by atoms with van der Waals surface area (Å²) in [6.45, 7) is 2.72. The molecule has 0 bridgehead atoms. The van der Waals surface area contributed by atoms with Crippen LogP contribution in [0.4, 0.5) is 15.8 Å². The van der Waals surface area contributed by atoms with E-state index in [1.807, 2.05) is 29.5 Å². The average Bonchev–Trinajstić information content (AvgIpc) is 2.43. The van der Waals surface area contributed by atoms with Gasteiger partial charge in [-0.25, -0.2) is 12.8 Å². The summed E-state index contributed by atoms with van der Waals surface area (Å²) < 4.78 is 40.5. The Morgan fingerprint density at radius 3 is 2.38 bits per heavy atom. The van der Waals surface area contributed by atoms with E-state index in [9.17, 15) is 12.8 Å². The van der Waals surface area contributed by atoms with Crippen molar-refractivity contribution in [3.05, 3.63) is 51.9 Å². The zero-order valence-electron chi connectivity index (χ0n) is 11.2. The summed E-state index contributed by atoms with van der Waals surface area (Å²) in [6.07, 6.45) is 0. The molecule has 0 saturated heterocycles. The molecular formula is C14H14FIN2O2S. The van der Waals surface area contributed by atoms with Gasteiger partial charge in [-0.1, -0.05) is 0 Å². The zero-order chi connectivity index (χ0) is 15.5. The van der Waals surface area contributed by atoms with Gasteiger partial charge in [-0.3, -0.25) is 4.72 Å². The number of hydrogen-bond donors (Lipinski definition) is 2. The number of anilines is 2. The van der Waals surface area contributed by atoms with E-state index in [2.05, 4.69) is 10.0 Å². The molecule has 2 aromatic carbocycles. The lowest BCUT2D eigenvalue weighted by molar-refractivity contribution is 0.601. The molecule has 0 amide bonds. The summed E-state index contributed by atoms with van der Waals surface area (Å²) in [5.41, 5.74) is 1.21. The predicted octanol–water partition coefficient (Wildman–Crippen LogP) is 3.66. The van der Waals surface area contributed by atoms with E-state index in [1.165, 1.54) is 30.3 Å². The second kappa shape index (κ2) is 6.61. The van der Waals surface area contributed by atoms with Gasteiger partial charge in [-0.15, -0.1) is 0 Å². The Labute approximate surface area is 137 Å². The average molecular weight is 420 g/mol. The maximum absolute atomic E-state index is 13.0. The molecule has 0 spiro atoms. The van der Waals surface area contributed by atoms with Crippen LogP contribution in [0.5, 0.6) is 0 Å². The standard InChI is InChI=1S/C14H14FIN2O2S/c1-2-17-11-4-6-12(7-5-11)21(19,20)18-14-8-3-10(15)9-13(14)16/h3-9,17-18H,2H2,1H3. The van der Waals surface area contributed by atoms with E-state index in [0.29, 0.717) is 9.26 Å². The third-order valence-electron chi connectivity index (χ3n) is 2.72. The van der Waals surface area contributed by atoms with Crippen LogP contribution in [0.15, 0.2) is 47.4 Å². The first-order valence-corrected chi connectivity index (χ1v) is 8.80. The third kappa shape index (κ3) is 4.07. The Morgan fingerprint density at radius 1 is 1.14 bits per heavy atom. The summed E-state index contributed by atoms with van der Waals surface area (Å²) in [5.74, 6) is -0.405. The molecule has 7 heteroatoms. The molecule has 4 nitrogen and oxygen atoms in total. The van der Waals surface area contributed by atoms with Crippen molar-refractivity contribution in [2.75, 3.05) is 16.6 Å². The van der Waals surface area contributed by atoms with Crippen LogP contribution in [0, 0.1) is 9.39 Å². The predicted molar refractivity (Wildman–Crippen MR) is 90.5 cm³/mol. The molecule has 2 aromatic rings. The van der Waals surface area contributed by atoms with E-state index < -0.39 is 15.8 Å². The van der Waals surface area contributed by atoms with Crippen LogP contribution >= 0.6 is 22.6 Å². The monoisotopic (exact) mass is 420 g/mol. The van der Waals surface area contributed by atoms with Crippen LogP contribution in [0.2, 0.25) is 0 Å². The summed E-state index contributed by atoms with van der Waals surface area (Å²) >= 11 is 1.88. The molecule has 0 unspecified atom stereocenters. The summed E-state index contributed by atoms with van der Waals surface area (Å²) in [4.78, 5) is 0.157. The Balaban J connectivity index is 2.25. The molecule has 0 fully saturated rings. The summed E-state index contributed by atoms with van der Waals surface area (Å²) in [5, 5.41) is 3.09. The van der Waals surface area contributed by atoms with Gasteiger partial charge in [0.25, 0.3) is 10.0 Å². The van der Waals surface area contributed by atoms with Gasteiger partial charge >= 0.3 is 0 Å². The second-order valence-corrected chi connectivity index (χ2v) is 7.13. The topological polar surface area (TPSA) is 58.2 Å². The first-order valence-electron chi connectivity index (χ1n) is 6.24. The number of rotatable bonds is 5. The number of sulfonamides is 1. The highest BCUT2D eigenvalue weighted by atomic mass is 127. The van der Waals surface area contributed by atoms with Crippen LogP contribution in [0.3, 0.4) is 0 Å². The van der Waals surface area contributed by atoms with Gasteiger partial charge in [0, 0.05) is 15.8 Å². The van der Waals surface area contributed by atoms with Gasteiger partial charge in [0.15, 0.2) is 0 Å². The fourth-order valence-corrected chi connectivity index (χ4v) is 3.61. The van der Waals surface area contributed by atoms with Crippen molar-refractivity contribution in [1.29, 1.82) is 0 Å². The highest BCUT2D eigenvalue weighted by molar-refractivity contribution is 14.1. The minimum atomic E-state index is -3.69. The lowest BCUT2D eigenvalue weighted by Crippen LogP contribution is -2.14. The number of hydrogen-bond acceptors (Lipinski definition) is 3. The Morgan fingerprint density at radius 2 is 1.81 bits per heavy atom. The number of nitrogens with one attached hydrogen (secondary N) is 2. The molecule has 0 saturated carbocycles. The molecule has 112 valence electrons. The van der Waals surface area contributed by atoms with Crippen LogP contribution in [-0.2, 0) is 10.0 Å². The highest BCUT2D eigenvalue weighted by Crippen LogP contribution is 2.23. The first kappa shape index (κ1) is 16.0. The lowest BCUT2D eigenvalue weighted by Gasteiger charge is -2.10. The fraction of sp³-hybridized carbons (Fsp3) is 0.143. The molecule has 0 atom stereocenters. The molecule has 0 radical (unpaired) electrons. The van der Waals surface area contributed by atoms with E-state index in [4.69, 9.17) is 0 Å². The number of halogens is 2. The van der Waals surface area contributed by atoms with Crippen LogP contribution in [0.1, 0.15) is 6.92 Å². The Hall–Kier alpha value is -1.35. The highest BCUT2D eigenvalue weighted by Gasteiger charge is 2.15. The van der Waals surface area contributed by atoms with Crippen molar-refractivity contribution in [1.82, 2.24) is 0 Å². The molecule has 0 aliphatic rings. The van der Waals surface area contributed by atoms with E-state index >= 15 is 0 Å². The first-order chi connectivity index (χ1) is 9.92. The van der Waals surface area contributed by atoms with Crippen molar-refractivity contribution in [3.8, 4) is 0 Å². The van der Waals surface area contributed by atoms with Crippen molar-refractivity contribution in [2.24, 2.45) is 0 Å². The second-order valence-electron chi connectivity index (χ2n) is 4.28. The molecule has 0 aliphatic heterocycles. The van der Waals surface area contributed by atoms with Gasteiger partial charge in [0.1, 0.15) is 5.82 Å². The summed E-state index contributed by atoms with van der Waals surface area (Å²) in [6, 6.07) is 10.3. The van der Waals surface area contributed by atoms with E-state index in [-0.39, 0.29) is 4.90 Å². The SMILES string of the molecule is CCNc1ccc(S(=O)(=O)Nc2ccc(F)cc2I)cc1. The van der Waals surface area contributed by atoms with Crippen molar-refractivity contribution < 1.29 is 12.8 Å². The normalized spacial score (nSPS) is 11.2. The van der Waals surface area contributed by atoms with Crippen LogP contribution in [-0.4, -0.2) is 15.0 Å². The van der Waals surface area contributed by atoms with Gasteiger partial charge in [-0.2, -0.15) is 0 Å². The molecular weight excluding hydrogens is 406 g/mol. The molecule has 0 aromatic heterocycles. The van der Waals surface area contributed by atoms with Crippen LogP contribution < -0.4 is 10.0 Å². The van der Waals surface area contributed by atoms with Gasteiger partial charge in [0.05, 0.1) is 10.6 Å². The molecule has 0 aliphatic carbocycles. The minimum absolute atomic E-state index is 0.157.